The minimum Gasteiger partial charge on any atom is -0.481 e. The van der Waals surface area contributed by atoms with E-state index in [1.54, 1.807) is 11.4 Å². The Hall–Kier alpha value is -1.38. The zero-order chi connectivity index (χ0) is 11.1. The summed E-state index contributed by atoms with van der Waals surface area (Å²) < 4.78 is 0. The van der Waals surface area contributed by atoms with Crippen molar-refractivity contribution in [3.63, 3.8) is 0 Å². The molecule has 4 nitrogen and oxygen atoms in total. The van der Waals surface area contributed by atoms with Gasteiger partial charge in [-0.05, 0) is 18.9 Å². The number of carbonyl (C=O) groups is 1. The van der Waals surface area contributed by atoms with Crippen molar-refractivity contribution in [2.75, 3.05) is 0 Å². The Morgan fingerprint density at radius 1 is 1.73 bits per heavy atom. The summed E-state index contributed by atoms with van der Waals surface area (Å²) in [7, 11) is 0. The summed E-state index contributed by atoms with van der Waals surface area (Å²) in [6.07, 6.45) is 0.932. The first-order valence-corrected chi connectivity index (χ1v) is 5.44. The number of hydrogen-bond donors (Lipinski definition) is 2. The van der Waals surface area contributed by atoms with Crippen molar-refractivity contribution in [2.45, 2.75) is 24.3 Å². The van der Waals surface area contributed by atoms with Crippen LogP contribution in [0.3, 0.4) is 0 Å². The first-order chi connectivity index (χ1) is 7.08. The Morgan fingerprint density at radius 3 is 2.80 bits per heavy atom. The van der Waals surface area contributed by atoms with Crippen molar-refractivity contribution >= 4 is 17.3 Å². The van der Waals surface area contributed by atoms with Gasteiger partial charge in [-0.25, -0.2) is 0 Å². The van der Waals surface area contributed by atoms with Crippen LogP contribution in [-0.2, 0) is 10.2 Å². The molecule has 1 aromatic heterocycles. The fraction of sp³-hybridized carbons (Fsp3) is 0.400. The third kappa shape index (κ3) is 1.42. The van der Waals surface area contributed by atoms with E-state index in [4.69, 9.17) is 11.0 Å². The van der Waals surface area contributed by atoms with E-state index >= 15 is 0 Å². The van der Waals surface area contributed by atoms with Gasteiger partial charge in [-0.3, -0.25) is 4.79 Å². The van der Waals surface area contributed by atoms with Crippen LogP contribution in [0, 0.1) is 11.3 Å². The van der Waals surface area contributed by atoms with Gasteiger partial charge in [0, 0.05) is 16.3 Å². The van der Waals surface area contributed by atoms with Crippen molar-refractivity contribution in [3.8, 4) is 6.07 Å². The lowest BCUT2D eigenvalue weighted by molar-refractivity contribution is -0.148. The Kier molecular flexibility index (Phi) is 2.25. The second kappa shape index (κ2) is 3.33. The molecule has 0 radical (unpaired) electrons. The van der Waals surface area contributed by atoms with Crippen LogP contribution in [0.2, 0.25) is 0 Å². The summed E-state index contributed by atoms with van der Waals surface area (Å²) in [5, 5.41) is 19.6. The van der Waals surface area contributed by atoms with Crippen LogP contribution in [0.15, 0.2) is 11.4 Å². The Labute approximate surface area is 90.9 Å². The van der Waals surface area contributed by atoms with E-state index in [0.29, 0.717) is 18.4 Å². The monoisotopic (exact) mass is 222 g/mol. The van der Waals surface area contributed by atoms with E-state index in [2.05, 4.69) is 0 Å². The molecule has 1 aliphatic rings. The summed E-state index contributed by atoms with van der Waals surface area (Å²) in [5.41, 5.74) is 5.33. The number of rotatable bonds is 2. The minimum absolute atomic E-state index is 0.0336. The molecule has 1 aliphatic carbocycles. The molecule has 0 aromatic carbocycles. The molecule has 0 bridgehead atoms. The van der Waals surface area contributed by atoms with E-state index < -0.39 is 11.4 Å². The second-order valence-corrected chi connectivity index (χ2v) is 4.78. The lowest BCUT2D eigenvalue weighted by Gasteiger charge is -2.41. The highest BCUT2D eigenvalue weighted by atomic mass is 32.1. The van der Waals surface area contributed by atoms with Crippen LogP contribution in [-0.4, -0.2) is 17.1 Å². The van der Waals surface area contributed by atoms with Crippen LogP contribution in [0.25, 0.3) is 0 Å². The van der Waals surface area contributed by atoms with Crippen molar-refractivity contribution in [1.82, 2.24) is 0 Å². The lowest BCUT2D eigenvalue weighted by atomic mass is 9.65. The van der Waals surface area contributed by atoms with Crippen molar-refractivity contribution in [3.05, 3.63) is 21.9 Å². The molecule has 1 fully saturated rings. The van der Waals surface area contributed by atoms with Gasteiger partial charge < -0.3 is 10.8 Å². The van der Waals surface area contributed by atoms with Gasteiger partial charge in [0.1, 0.15) is 11.5 Å². The van der Waals surface area contributed by atoms with Crippen LogP contribution < -0.4 is 5.73 Å². The lowest BCUT2D eigenvalue weighted by Crippen LogP contribution is -2.53. The van der Waals surface area contributed by atoms with Gasteiger partial charge in [0.25, 0.3) is 0 Å². The van der Waals surface area contributed by atoms with Gasteiger partial charge in [-0.1, -0.05) is 0 Å². The maximum atomic E-state index is 11.2. The van der Waals surface area contributed by atoms with Crippen molar-refractivity contribution < 1.29 is 9.90 Å². The highest BCUT2D eigenvalue weighted by Gasteiger charge is 2.51. The molecular formula is C10H10N2O2S. The van der Waals surface area contributed by atoms with E-state index in [9.17, 15) is 9.90 Å². The number of carboxylic acids is 1. The Balaban J connectivity index is 2.35. The average Bonchev–Trinajstić information content (AvgIpc) is 2.60. The standard InChI is InChI=1S/C10H10N2O2S/c11-4-6-1-8(15-5-6)10(9(13)14)2-7(12)3-10/h1,5,7H,2-3,12H2,(H,13,14). The minimum atomic E-state index is -0.837. The number of nitriles is 1. The summed E-state index contributed by atoms with van der Waals surface area (Å²) >= 11 is 1.33. The molecule has 1 heterocycles. The predicted octanol–water partition coefficient (Wildman–Crippen LogP) is 1.06. The molecule has 3 N–H and O–H groups in total. The van der Waals surface area contributed by atoms with Crippen molar-refractivity contribution in [2.24, 2.45) is 5.73 Å². The second-order valence-electron chi connectivity index (χ2n) is 3.87. The molecular weight excluding hydrogens is 212 g/mol. The fourth-order valence-electron chi connectivity index (χ4n) is 1.96. The van der Waals surface area contributed by atoms with Crippen LogP contribution in [0.5, 0.6) is 0 Å². The molecule has 0 aliphatic heterocycles. The smallest absolute Gasteiger partial charge is 0.315 e. The van der Waals surface area contributed by atoms with E-state index in [1.807, 2.05) is 6.07 Å². The van der Waals surface area contributed by atoms with Crippen LogP contribution in [0.4, 0.5) is 0 Å². The number of thiophene rings is 1. The normalized spacial score (nSPS) is 29.2. The van der Waals surface area contributed by atoms with Crippen LogP contribution >= 0.6 is 11.3 Å². The molecule has 2 rings (SSSR count). The largest absolute Gasteiger partial charge is 0.481 e. The number of nitrogens with two attached hydrogens (primary N) is 1. The maximum absolute atomic E-state index is 11.2. The fourth-order valence-corrected chi connectivity index (χ4v) is 3.01. The highest BCUT2D eigenvalue weighted by Crippen LogP contribution is 2.45. The summed E-state index contributed by atoms with van der Waals surface area (Å²) in [4.78, 5) is 12.0. The van der Waals surface area contributed by atoms with E-state index in [0.717, 1.165) is 4.88 Å². The third-order valence-electron chi connectivity index (χ3n) is 2.83. The molecule has 0 saturated heterocycles. The molecule has 0 unspecified atom stereocenters. The Morgan fingerprint density at radius 2 is 2.40 bits per heavy atom. The van der Waals surface area contributed by atoms with Crippen molar-refractivity contribution in [1.29, 1.82) is 5.26 Å². The van der Waals surface area contributed by atoms with Crippen LogP contribution in [0.1, 0.15) is 23.3 Å². The first-order valence-electron chi connectivity index (χ1n) is 4.56. The number of aliphatic carboxylic acids is 1. The SMILES string of the molecule is N#Cc1csc(C2(C(=O)O)CC(N)C2)c1. The maximum Gasteiger partial charge on any atom is 0.315 e. The van der Waals surface area contributed by atoms with E-state index in [-0.39, 0.29) is 6.04 Å². The van der Waals surface area contributed by atoms with Gasteiger partial charge >= 0.3 is 5.97 Å². The zero-order valence-electron chi connectivity index (χ0n) is 7.93. The summed E-state index contributed by atoms with van der Waals surface area (Å²) in [5.74, 6) is -0.837. The molecule has 15 heavy (non-hydrogen) atoms. The zero-order valence-corrected chi connectivity index (χ0v) is 8.75. The van der Waals surface area contributed by atoms with Gasteiger partial charge in [0.2, 0.25) is 0 Å². The van der Waals surface area contributed by atoms with Gasteiger partial charge in [-0.15, -0.1) is 11.3 Å². The summed E-state index contributed by atoms with van der Waals surface area (Å²) in [6, 6.07) is 3.63. The highest BCUT2D eigenvalue weighted by molar-refractivity contribution is 7.10. The third-order valence-corrected chi connectivity index (χ3v) is 3.97. The topological polar surface area (TPSA) is 87.1 Å². The quantitative estimate of drug-likeness (QED) is 0.783. The molecule has 5 heteroatoms. The predicted molar refractivity (Wildman–Crippen MR) is 55.6 cm³/mol. The van der Waals surface area contributed by atoms with E-state index in [1.165, 1.54) is 11.3 Å². The first kappa shape index (κ1) is 10.1. The number of carboxylic acid groups (broad SMARTS) is 1. The molecule has 0 spiro atoms. The average molecular weight is 222 g/mol. The number of hydrogen-bond acceptors (Lipinski definition) is 4. The molecule has 78 valence electrons. The molecule has 1 saturated carbocycles. The van der Waals surface area contributed by atoms with Gasteiger partial charge in [-0.2, -0.15) is 5.26 Å². The number of nitrogens with zero attached hydrogens (tertiary/aromatic N) is 1. The molecule has 0 atom stereocenters. The molecule has 1 aromatic rings. The van der Waals surface area contributed by atoms with Gasteiger partial charge in [0.15, 0.2) is 0 Å². The molecule has 0 amide bonds. The van der Waals surface area contributed by atoms with Gasteiger partial charge in [0.05, 0.1) is 5.56 Å². The Bertz CT molecular complexity index is 441. The summed E-state index contributed by atoms with van der Waals surface area (Å²) in [6.45, 7) is 0.